The fraction of sp³-hybridized carbons (Fsp3) is 0.600. The average Bonchev–Trinajstić information content (AvgIpc) is 2.88. The molecule has 1 fully saturated rings. The van der Waals surface area contributed by atoms with Gasteiger partial charge < -0.3 is 5.32 Å². The third-order valence-corrected chi connectivity index (χ3v) is 3.88. The second kappa shape index (κ2) is 6.59. The van der Waals surface area contributed by atoms with Crippen LogP contribution < -0.4 is 5.32 Å². The van der Waals surface area contributed by atoms with E-state index in [1.165, 1.54) is 5.56 Å². The Hall–Kier alpha value is -1.07. The van der Waals surface area contributed by atoms with E-state index in [1.807, 2.05) is 25.1 Å². The van der Waals surface area contributed by atoms with Crippen molar-refractivity contribution in [2.24, 2.45) is 0 Å². The van der Waals surface area contributed by atoms with E-state index >= 15 is 0 Å². The molecule has 2 nitrogen and oxygen atoms in total. The van der Waals surface area contributed by atoms with Gasteiger partial charge in [0, 0.05) is 19.1 Å². The molecule has 0 bridgehead atoms. The first-order chi connectivity index (χ1) is 9.46. The maximum absolute atomic E-state index is 12.1. The van der Waals surface area contributed by atoms with E-state index in [0.29, 0.717) is 12.5 Å². The summed E-state index contributed by atoms with van der Waals surface area (Å²) in [6.45, 7) is 3.33. The van der Waals surface area contributed by atoms with Gasteiger partial charge in [-0.3, -0.25) is 4.90 Å². The zero-order valence-corrected chi connectivity index (χ0v) is 11.7. The summed E-state index contributed by atoms with van der Waals surface area (Å²) in [4.78, 5) is 2.26. The standard InChI is InChI=1S/C15H21F3N2/c1-12(9-19-11-15(16,17)18)20-8-7-14(10-20)13-5-3-2-4-6-13/h2-6,12,14,19H,7-11H2,1H3. The SMILES string of the molecule is CC(CNCC(F)(F)F)N1CCC(c2ccccc2)C1. The highest BCUT2D eigenvalue weighted by molar-refractivity contribution is 5.21. The zero-order valence-electron chi connectivity index (χ0n) is 11.7. The summed E-state index contributed by atoms with van der Waals surface area (Å²) in [5.41, 5.74) is 1.32. The largest absolute Gasteiger partial charge is 0.401 e. The molecule has 0 spiro atoms. The lowest BCUT2D eigenvalue weighted by atomic mass is 9.99. The van der Waals surface area contributed by atoms with Gasteiger partial charge in [-0.2, -0.15) is 13.2 Å². The van der Waals surface area contributed by atoms with Gasteiger partial charge in [-0.25, -0.2) is 0 Å². The molecule has 5 heteroatoms. The van der Waals surface area contributed by atoms with Crippen molar-refractivity contribution in [3.8, 4) is 0 Å². The molecule has 2 unspecified atom stereocenters. The maximum atomic E-state index is 12.1. The molecule has 0 aromatic heterocycles. The molecule has 1 aromatic rings. The molecule has 1 heterocycles. The summed E-state index contributed by atoms with van der Waals surface area (Å²) < 4.78 is 36.3. The third kappa shape index (κ3) is 4.49. The minimum atomic E-state index is -4.13. The molecule has 1 aromatic carbocycles. The van der Waals surface area contributed by atoms with Gasteiger partial charge in [-0.15, -0.1) is 0 Å². The van der Waals surface area contributed by atoms with Crippen molar-refractivity contribution in [3.63, 3.8) is 0 Å². The Labute approximate surface area is 118 Å². The quantitative estimate of drug-likeness (QED) is 0.895. The van der Waals surface area contributed by atoms with E-state index in [2.05, 4.69) is 22.3 Å². The smallest absolute Gasteiger partial charge is 0.307 e. The number of nitrogens with one attached hydrogen (secondary N) is 1. The van der Waals surface area contributed by atoms with Crippen LogP contribution in [0.4, 0.5) is 13.2 Å². The number of hydrogen-bond acceptors (Lipinski definition) is 2. The van der Waals surface area contributed by atoms with Crippen LogP contribution in [0.25, 0.3) is 0 Å². The first kappa shape index (κ1) is 15.3. The van der Waals surface area contributed by atoms with Crippen LogP contribution in [0, 0.1) is 0 Å². The van der Waals surface area contributed by atoms with Gasteiger partial charge >= 0.3 is 6.18 Å². The van der Waals surface area contributed by atoms with Crippen molar-refractivity contribution in [2.75, 3.05) is 26.2 Å². The van der Waals surface area contributed by atoms with Gasteiger partial charge in [-0.1, -0.05) is 30.3 Å². The van der Waals surface area contributed by atoms with E-state index in [4.69, 9.17) is 0 Å². The number of likely N-dealkylation sites (tertiary alicyclic amines) is 1. The summed E-state index contributed by atoms with van der Waals surface area (Å²) in [7, 11) is 0. The van der Waals surface area contributed by atoms with Gasteiger partial charge in [0.05, 0.1) is 6.54 Å². The van der Waals surface area contributed by atoms with E-state index in [0.717, 1.165) is 19.5 Å². The molecule has 0 saturated carbocycles. The van der Waals surface area contributed by atoms with Crippen LogP contribution in [-0.2, 0) is 0 Å². The fourth-order valence-electron chi connectivity index (χ4n) is 2.74. The van der Waals surface area contributed by atoms with E-state index in [-0.39, 0.29) is 6.04 Å². The van der Waals surface area contributed by atoms with Crippen molar-refractivity contribution in [1.29, 1.82) is 0 Å². The first-order valence-corrected chi connectivity index (χ1v) is 7.02. The molecule has 0 aliphatic carbocycles. The van der Waals surface area contributed by atoms with Crippen molar-refractivity contribution in [3.05, 3.63) is 35.9 Å². The van der Waals surface area contributed by atoms with E-state index in [1.54, 1.807) is 0 Å². The highest BCUT2D eigenvalue weighted by Crippen LogP contribution is 2.28. The Morgan fingerprint density at radius 1 is 1.30 bits per heavy atom. The number of nitrogens with zero attached hydrogens (tertiary/aromatic N) is 1. The Balaban J connectivity index is 1.78. The van der Waals surface area contributed by atoms with Crippen LogP contribution in [0.5, 0.6) is 0 Å². The molecule has 1 aliphatic rings. The normalized spacial score (nSPS) is 22.1. The van der Waals surface area contributed by atoms with Crippen molar-refractivity contribution in [1.82, 2.24) is 10.2 Å². The molecule has 1 N–H and O–H groups in total. The van der Waals surface area contributed by atoms with E-state index in [9.17, 15) is 13.2 Å². The molecule has 20 heavy (non-hydrogen) atoms. The third-order valence-electron chi connectivity index (χ3n) is 3.88. The summed E-state index contributed by atoms with van der Waals surface area (Å²) in [5, 5.41) is 2.49. The van der Waals surface area contributed by atoms with Gasteiger partial charge in [0.25, 0.3) is 0 Å². The fourth-order valence-corrected chi connectivity index (χ4v) is 2.74. The minimum absolute atomic E-state index is 0.131. The number of benzene rings is 1. The Morgan fingerprint density at radius 3 is 2.65 bits per heavy atom. The molecule has 1 aliphatic heterocycles. The Morgan fingerprint density at radius 2 is 2.00 bits per heavy atom. The van der Waals surface area contributed by atoms with E-state index < -0.39 is 12.7 Å². The van der Waals surface area contributed by atoms with Gasteiger partial charge in [-0.05, 0) is 31.4 Å². The predicted molar refractivity (Wildman–Crippen MR) is 73.8 cm³/mol. The second-order valence-electron chi connectivity index (χ2n) is 5.49. The average molecular weight is 286 g/mol. The summed E-state index contributed by atoms with van der Waals surface area (Å²) in [6, 6.07) is 10.5. The molecule has 112 valence electrons. The molecule has 2 atom stereocenters. The van der Waals surface area contributed by atoms with Crippen LogP contribution in [-0.4, -0.2) is 43.3 Å². The topological polar surface area (TPSA) is 15.3 Å². The molecular weight excluding hydrogens is 265 g/mol. The highest BCUT2D eigenvalue weighted by Gasteiger charge is 2.29. The van der Waals surface area contributed by atoms with Crippen LogP contribution in [0.1, 0.15) is 24.8 Å². The lowest BCUT2D eigenvalue weighted by molar-refractivity contribution is -0.125. The van der Waals surface area contributed by atoms with Crippen LogP contribution in [0.15, 0.2) is 30.3 Å². The number of rotatable bonds is 5. The maximum Gasteiger partial charge on any atom is 0.401 e. The number of alkyl halides is 3. The first-order valence-electron chi connectivity index (χ1n) is 7.02. The summed E-state index contributed by atoms with van der Waals surface area (Å²) in [6.07, 6.45) is -3.05. The number of halogens is 3. The highest BCUT2D eigenvalue weighted by atomic mass is 19.4. The van der Waals surface area contributed by atoms with Gasteiger partial charge in [0.2, 0.25) is 0 Å². The van der Waals surface area contributed by atoms with Gasteiger partial charge in [0.15, 0.2) is 0 Å². The van der Waals surface area contributed by atoms with Crippen LogP contribution in [0.2, 0.25) is 0 Å². The lowest BCUT2D eigenvalue weighted by Crippen LogP contribution is -2.41. The minimum Gasteiger partial charge on any atom is -0.307 e. The van der Waals surface area contributed by atoms with Crippen molar-refractivity contribution < 1.29 is 13.2 Å². The van der Waals surface area contributed by atoms with Crippen LogP contribution >= 0.6 is 0 Å². The lowest BCUT2D eigenvalue weighted by Gasteiger charge is -2.25. The van der Waals surface area contributed by atoms with Crippen molar-refractivity contribution in [2.45, 2.75) is 31.5 Å². The molecule has 0 amide bonds. The molecular formula is C15H21F3N2. The van der Waals surface area contributed by atoms with Gasteiger partial charge in [0.1, 0.15) is 0 Å². The summed E-state index contributed by atoms with van der Waals surface area (Å²) >= 11 is 0. The second-order valence-corrected chi connectivity index (χ2v) is 5.49. The number of hydrogen-bond donors (Lipinski definition) is 1. The molecule has 0 radical (unpaired) electrons. The Bertz CT molecular complexity index is 405. The summed E-state index contributed by atoms with van der Waals surface area (Å²) in [5.74, 6) is 0.501. The van der Waals surface area contributed by atoms with Crippen LogP contribution in [0.3, 0.4) is 0 Å². The molecule has 1 saturated heterocycles. The molecule has 2 rings (SSSR count). The Kier molecular flexibility index (Phi) is 5.05. The zero-order chi connectivity index (χ0) is 14.6. The predicted octanol–water partition coefficient (Wildman–Crippen LogP) is 3.02. The van der Waals surface area contributed by atoms with Crippen molar-refractivity contribution >= 4 is 0 Å². The monoisotopic (exact) mass is 286 g/mol.